The number of hydrogen-bond acceptors (Lipinski definition) is 3. The van der Waals surface area contributed by atoms with Crippen LogP contribution in [0.1, 0.15) is 12.8 Å². The highest BCUT2D eigenvalue weighted by Crippen LogP contribution is 2.19. The molecule has 1 atom stereocenters. The van der Waals surface area contributed by atoms with Gasteiger partial charge in [-0.25, -0.2) is 21.9 Å². The molecule has 1 aromatic rings. The van der Waals surface area contributed by atoms with Gasteiger partial charge >= 0.3 is 6.03 Å². The second kappa shape index (κ2) is 6.80. The summed E-state index contributed by atoms with van der Waals surface area (Å²) >= 11 is 5.75. The van der Waals surface area contributed by atoms with Crippen LogP contribution in [0.4, 0.5) is 14.9 Å². The van der Waals surface area contributed by atoms with Gasteiger partial charge < -0.3 is 10.6 Å². The molecule has 6 nitrogen and oxygen atoms in total. The molecule has 1 aliphatic rings. The van der Waals surface area contributed by atoms with Crippen LogP contribution in [0.2, 0.25) is 5.02 Å². The number of halogens is 2. The maximum absolute atomic E-state index is 13.5. The number of carbonyl (C=O) groups excluding carboxylic acids is 1. The maximum atomic E-state index is 13.5. The summed E-state index contributed by atoms with van der Waals surface area (Å²) in [6, 6.07) is 2.93. The second-order valence-electron chi connectivity index (χ2n) is 5.18. The van der Waals surface area contributed by atoms with Gasteiger partial charge in [0.1, 0.15) is 5.82 Å². The Bertz CT molecular complexity index is 668. The molecule has 122 valence electrons. The Morgan fingerprint density at radius 2 is 2.18 bits per heavy atom. The zero-order valence-electron chi connectivity index (χ0n) is 12.0. The van der Waals surface area contributed by atoms with Gasteiger partial charge in [-0.3, -0.25) is 0 Å². The molecular formula is C13H17ClFN3O3S. The van der Waals surface area contributed by atoms with Gasteiger partial charge in [-0.2, -0.15) is 0 Å². The van der Waals surface area contributed by atoms with E-state index in [0.717, 1.165) is 12.3 Å². The number of urea groups is 1. The molecule has 9 heteroatoms. The lowest BCUT2D eigenvalue weighted by atomic mass is 10.1. The number of benzene rings is 1. The standard InChI is InChI=1S/C13H17ClFN3O3S/c1-22(20,21)18-6-2-3-10(8-18)16-13(19)17-12-7-9(14)4-5-11(12)15/h4-5,7,10H,2-3,6,8H2,1H3,(H2,16,17,19). The summed E-state index contributed by atoms with van der Waals surface area (Å²) in [7, 11) is -3.28. The second-order valence-corrected chi connectivity index (χ2v) is 7.60. The average Bonchev–Trinajstić information content (AvgIpc) is 2.42. The number of nitrogens with one attached hydrogen (secondary N) is 2. The molecule has 0 aliphatic carbocycles. The van der Waals surface area contributed by atoms with Gasteiger partial charge in [-0.15, -0.1) is 0 Å². The highest BCUT2D eigenvalue weighted by Gasteiger charge is 2.26. The predicted molar refractivity (Wildman–Crippen MR) is 83.0 cm³/mol. The Hall–Kier alpha value is -1.38. The minimum Gasteiger partial charge on any atom is -0.334 e. The van der Waals surface area contributed by atoms with E-state index in [1.807, 2.05) is 0 Å². The molecule has 1 fully saturated rings. The van der Waals surface area contributed by atoms with E-state index in [0.29, 0.717) is 24.4 Å². The van der Waals surface area contributed by atoms with Crippen molar-refractivity contribution >= 4 is 33.3 Å². The van der Waals surface area contributed by atoms with Crippen LogP contribution in [0, 0.1) is 5.82 Å². The van der Waals surface area contributed by atoms with Gasteiger partial charge in [-0.1, -0.05) is 11.6 Å². The molecule has 0 spiro atoms. The highest BCUT2D eigenvalue weighted by molar-refractivity contribution is 7.88. The minimum absolute atomic E-state index is 0.0271. The normalized spacial score (nSPS) is 19.7. The molecule has 2 N–H and O–H groups in total. The molecule has 0 bridgehead atoms. The lowest BCUT2D eigenvalue weighted by molar-refractivity contribution is 0.236. The number of hydrogen-bond donors (Lipinski definition) is 2. The Balaban J connectivity index is 1.96. The fourth-order valence-electron chi connectivity index (χ4n) is 2.30. The summed E-state index contributed by atoms with van der Waals surface area (Å²) in [6.45, 7) is 0.659. The van der Waals surface area contributed by atoms with Gasteiger partial charge in [0.25, 0.3) is 0 Å². The summed E-state index contributed by atoms with van der Waals surface area (Å²) in [5, 5.41) is 5.33. The first-order chi connectivity index (χ1) is 10.3. The first-order valence-corrected chi connectivity index (χ1v) is 8.96. The van der Waals surface area contributed by atoms with E-state index >= 15 is 0 Å². The summed E-state index contributed by atoms with van der Waals surface area (Å²) < 4.78 is 37.9. The summed E-state index contributed by atoms with van der Waals surface area (Å²) in [5.41, 5.74) is -0.0271. The topological polar surface area (TPSA) is 78.5 Å². The summed E-state index contributed by atoms with van der Waals surface area (Å²) in [4.78, 5) is 11.9. The smallest absolute Gasteiger partial charge is 0.319 e. The Kier molecular flexibility index (Phi) is 5.25. The molecule has 0 saturated carbocycles. The molecule has 22 heavy (non-hydrogen) atoms. The zero-order chi connectivity index (χ0) is 16.3. The molecule has 0 radical (unpaired) electrons. The van der Waals surface area contributed by atoms with Crippen molar-refractivity contribution in [2.75, 3.05) is 24.7 Å². The fraction of sp³-hybridized carbons (Fsp3) is 0.462. The molecular weight excluding hydrogens is 333 g/mol. The highest BCUT2D eigenvalue weighted by atomic mass is 35.5. The van der Waals surface area contributed by atoms with Crippen molar-refractivity contribution in [2.45, 2.75) is 18.9 Å². The van der Waals surface area contributed by atoms with Gasteiger partial charge in [0.15, 0.2) is 0 Å². The quantitative estimate of drug-likeness (QED) is 0.876. The molecule has 1 heterocycles. The van der Waals surface area contributed by atoms with Crippen molar-refractivity contribution in [3.63, 3.8) is 0 Å². The van der Waals surface area contributed by atoms with E-state index in [9.17, 15) is 17.6 Å². The van der Waals surface area contributed by atoms with Gasteiger partial charge in [0.05, 0.1) is 11.9 Å². The van der Waals surface area contributed by atoms with Crippen molar-refractivity contribution in [1.82, 2.24) is 9.62 Å². The Morgan fingerprint density at radius 1 is 1.45 bits per heavy atom. The van der Waals surface area contributed by atoms with Crippen molar-refractivity contribution in [2.24, 2.45) is 0 Å². The molecule has 1 aliphatic heterocycles. The molecule has 1 aromatic carbocycles. The van der Waals surface area contributed by atoms with E-state index in [2.05, 4.69) is 10.6 Å². The van der Waals surface area contributed by atoms with Crippen LogP contribution in [0.25, 0.3) is 0 Å². The number of piperidine rings is 1. The largest absolute Gasteiger partial charge is 0.334 e. The van der Waals surface area contributed by atoms with E-state index < -0.39 is 21.9 Å². The molecule has 2 amide bonds. The van der Waals surface area contributed by atoms with Crippen LogP contribution in [0.3, 0.4) is 0 Å². The van der Waals surface area contributed by atoms with Crippen LogP contribution < -0.4 is 10.6 Å². The minimum atomic E-state index is -3.28. The maximum Gasteiger partial charge on any atom is 0.319 e. The summed E-state index contributed by atoms with van der Waals surface area (Å²) in [5.74, 6) is -0.596. The zero-order valence-corrected chi connectivity index (χ0v) is 13.5. The van der Waals surface area contributed by atoms with E-state index in [1.165, 1.54) is 16.4 Å². The van der Waals surface area contributed by atoms with Crippen LogP contribution in [-0.2, 0) is 10.0 Å². The third-order valence-electron chi connectivity index (χ3n) is 3.36. The van der Waals surface area contributed by atoms with E-state index in [-0.39, 0.29) is 18.3 Å². The monoisotopic (exact) mass is 349 g/mol. The number of sulfonamides is 1. The first-order valence-electron chi connectivity index (χ1n) is 6.73. The third kappa shape index (κ3) is 4.56. The number of amides is 2. The van der Waals surface area contributed by atoms with Crippen molar-refractivity contribution < 1.29 is 17.6 Å². The van der Waals surface area contributed by atoms with Gasteiger partial charge in [-0.05, 0) is 31.0 Å². The fourth-order valence-corrected chi connectivity index (χ4v) is 3.38. The number of anilines is 1. The summed E-state index contributed by atoms with van der Waals surface area (Å²) in [6.07, 6.45) is 2.46. The van der Waals surface area contributed by atoms with E-state index in [1.54, 1.807) is 0 Å². The first kappa shape index (κ1) is 17.0. The van der Waals surface area contributed by atoms with Crippen molar-refractivity contribution in [1.29, 1.82) is 0 Å². The third-order valence-corrected chi connectivity index (χ3v) is 4.87. The lowest BCUT2D eigenvalue weighted by Crippen LogP contribution is -2.50. The molecule has 1 unspecified atom stereocenters. The van der Waals surface area contributed by atoms with Gasteiger partial charge in [0.2, 0.25) is 10.0 Å². The number of nitrogens with zero attached hydrogens (tertiary/aromatic N) is 1. The van der Waals surface area contributed by atoms with Gasteiger partial charge in [0, 0.05) is 24.2 Å². The van der Waals surface area contributed by atoms with Crippen LogP contribution in [0.15, 0.2) is 18.2 Å². The van der Waals surface area contributed by atoms with Crippen LogP contribution in [0.5, 0.6) is 0 Å². The Labute approximate surface area is 133 Å². The molecule has 0 aromatic heterocycles. The van der Waals surface area contributed by atoms with Crippen LogP contribution >= 0.6 is 11.6 Å². The Morgan fingerprint density at radius 3 is 2.86 bits per heavy atom. The number of carbonyl (C=O) groups is 1. The average molecular weight is 350 g/mol. The van der Waals surface area contributed by atoms with Crippen LogP contribution in [-0.4, -0.2) is 44.1 Å². The number of rotatable bonds is 3. The lowest BCUT2D eigenvalue weighted by Gasteiger charge is -2.31. The SMILES string of the molecule is CS(=O)(=O)N1CCCC(NC(=O)Nc2cc(Cl)ccc2F)C1. The van der Waals surface area contributed by atoms with Crippen molar-refractivity contribution in [3.8, 4) is 0 Å². The predicted octanol–water partition coefficient (Wildman–Crippen LogP) is 2.02. The van der Waals surface area contributed by atoms with E-state index in [4.69, 9.17) is 11.6 Å². The molecule has 2 rings (SSSR count). The molecule has 1 saturated heterocycles. The van der Waals surface area contributed by atoms with Crippen molar-refractivity contribution in [3.05, 3.63) is 29.0 Å².